The number of piperazine rings is 1. The molecule has 4 rings (SSSR count). The molecule has 2 aromatic carbocycles. The molecule has 35 heavy (non-hydrogen) atoms. The highest BCUT2D eigenvalue weighted by Crippen LogP contribution is 2.32. The monoisotopic (exact) mass is 484 g/mol. The van der Waals surface area contributed by atoms with Crippen molar-refractivity contribution in [2.75, 3.05) is 49.5 Å². The van der Waals surface area contributed by atoms with E-state index in [9.17, 15) is 18.4 Å². The first-order valence-corrected chi connectivity index (χ1v) is 12.1. The third-order valence-corrected chi connectivity index (χ3v) is 6.39. The predicted molar refractivity (Wildman–Crippen MR) is 133 cm³/mol. The molecule has 1 aromatic heterocycles. The summed E-state index contributed by atoms with van der Waals surface area (Å²) in [5.41, 5.74) is 2.12. The number of anilines is 2. The highest BCUT2D eigenvalue weighted by Gasteiger charge is 2.31. The number of benzene rings is 2. The summed E-state index contributed by atoms with van der Waals surface area (Å²) in [6.07, 6.45) is 0.263. The van der Waals surface area contributed by atoms with Crippen molar-refractivity contribution in [3.05, 3.63) is 83.7 Å². The normalized spacial score (nSPS) is 14.8. The minimum absolute atomic E-state index is 0.553. The molecule has 1 aliphatic rings. The highest BCUT2D eigenvalue weighted by molar-refractivity contribution is 5.65. The number of nitrogens with zero attached hydrogens (tertiary/aromatic N) is 3. The van der Waals surface area contributed by atoms with Crippen molar-refractivity contribution < 1.29 is 17.9 Å². The molecule has 1 N–H and O–H groups in total. The van der Waals surface area contributed by atoms with Gasteiger partial charge in [-0.3, -0.25) is 10.2 Å². The summed E-state index contributed by atoms with van der Waals surface area (Å²) >= 11 is 0. The topological polar surface area (TPSA) is 45.5 Å². The summed E-state index contributed by atoms with van der Waals surface area (Å²) in [4.78, 5) is 4.39. The average molecular weight is 485 g/mol. The van der Waals surface area contributed by atoms with Crippen LogP contribution in [0.3, 0.4) is 0 Å². The predicted octanol–water partition coefficient (Wildman–Crippen LogP) is 5.41. The Bertz CT molecular complexity index is 1080. The van der Waals surface area contributed by atoms with Crippen LogP contribution >= 0.6 is 0 Å². The number of hydrogen-bond acceptors (Lipinski definition) is 4. The average Bonchev–Trinajstić information content (AvgIpc) is 2.87. The van der Waals surface area contributed by atoms with Crippen LogP contribution in [0.25, 0.3) is 11.1 Å². The van der Waals surface area contributed by atoms with Gasteiger partial charge < -0.3 is 10.1 Å². The van der Waals surface area contributed by atoms with Crippen molar-refractivity contribution in [3.63, 3.8) is 0 Å². The fourth-order valence-electron chi connectivity index (χ4n) is 4.39. The van der Waals surface area contributed by atoms with E-state index in [2.05, 4.69) is 10.2 Å². The second kappa shape index (κ2) is 11.4. The zero-order chi connectivity index (χ0) is 24.7. The first-order chi connectivity index (χ1) is 16.9. The highest BCUT2D eigenvalue weighted by atomic mass is 19.4. The summed E-state index contributed by atoms with van der Waals surface area (Å²) in [6.45, 7) is 4.84. The Hall–Kier alpha value is -3.26. The lowest BCUT2D eigenvalue weighted by Gasteiger charge is -2.36. The zero-order valence-electron chi connectivity index (χ0n) is 19.7. The van der Waals surface area contributed by atoms with Crippen LogP contribution in [-0.4, -0.2) is 44.2 Å². The molecule has 186 valence electrons. The maximum Gasteiger partial charge on any atom is 0.416 e. The van der Waals surface area contributed by atoms with Crippen molar-refractivity contribution >= 4 is 11.5 Å². The Labute approximate surface area is 204 Å². The van der Waals surface area contributed by atoms with Gasteiger partial charge in [-0.15, -0.1) is 0 Å². The summed E-state index contributed by atoms with van der Waals surface area (Å²) in [5, 5.41) is 15.4. The molecule has 0 atom stereocenters. The van der Waals surface area contributed by atoms with Crippen LogP contribution in [0.4, 0.5) is 24.7 Å². The number of pyridine rings is 1. The van der Waals surface area contributed by atoms with Crippen LogP contribution in [0.15, 0.2) is 72.9 Å². The standard InChI is InChI=1S/C27H31F3N4O/c28-27(29,30)24-10-7-11-25(21-24)33-18-16-32(17-19-33)14-6-2-5-13-31-26-20-23(12-15-34(26)35)22-8-3-1-4-9-22/h1,3-4,7-12,15,20-21,31H,2,5-6,13-14,16-19H2. The molecule has 0 radical (unpaired) electrons. The van der Waals surface area contributed by atoms with E-state index < -0.39 is 11.7 Å². The van der Waals surface area contributed by atoms with Gasteiger partial charge in [0.1, 0.15) is 0 Å². The Morgan fingerprint density at radius 2 is 1.60 bits per heavy atom. The van der Waals surface area contributed by atoms with E-state index in [-0.39, 0.29) is 0 Å². The van der Waals surface area contributed by atoms with E-state index in [0.29, 0.717) is 11.5 Å². The Morgan fingerprint density at radius 1 is 0.829 bits per heavy atom. The second-order valence-corrected chi connectivity index (χ2v) is 8.86. The van der Waals surface area contributed by atoms with Gasteiger partial charge in [-0.2, -0.15) is 13.2 Å². The van der Waals surface area contributed by atoms with E-state index >= 15 is 0 Å². The summed E-state index contributed by atoms with van der Waals surface area (Å²) in [5.74, 6) is 0.553. The lowest BCUT2D eigenvalue weighted by molar-refractivity contribution is -0.590. The maximum atomic E-state index is 13.0. The first kappa shape index (κ1) is 24.9. The molecule has 0 amide bonds. The number of rotatable bonds is 9. The third kappa shape index (κ3) is 6.88. The third-order valence-electron chi connectivity index (χ3n) is 6.39. The number of nitrogens with one attached hydrogen (secondary N) is 1. The largest absolute Gasteiger partial charge is 0.711 e. The van der Waals surface area contributed by atoms with Gasteiger partial charge >= 0.3 is 6.18 Å². The zero-order valence-corrected chi connectivity index (χ0v) is 19.7. The van der Waals surface area contributed by atoms with Crippen LogP contribution in [0.5, 0.6) is 0 Å². The van der Waals surface area contributed by atoms with Crippen molar-refractivity contribution in [1.29, 1.82) is 0 Å². The molecule has 3 aromatic rings. The van der Waals surface area contributed by atoms with E-state index in [0.717, 1.165) is 80.5 Å². The molecular formula is C27H31F3N4O. The number of aromatic nitrogens is 1. The number of hydrogen-bond donors (Lipinski definition) is 1. The summed E-state index contributed by atoms with van der Waals surface area (Å²) in [6, 6.07) is 19.3. The van der Waals surface area contributed by atoms with Gasteiger partial charge in [0.15, 0.2) is 0 Å². The molecule has 0 spiro atoms. The Morgan fingerprint density at radius 3 is 2.34 bits per heavy atom. The Balaban J connectivity index is 1.15. The van der Waals surface area contributed by atoms with Gasteiger partial charge in [-0.05, 0) is 61.2 Å². The van der Waals surface area contributed by atoms with E-state index in [1.54, 1.807) is 6.07 Å². The second-order valence-electron chi connectivity index (χ2n) is 8.86. The van der Waals surface area contributed by atoms with E-state index in [4.69, 9.17) is 0 Å². The molecule has 1 fully saturated rings. The smallest absolute Gasteiger partial charge is 0.416 e. The van der Waals surface area contributed by atoms with Crippen LogP contribution in [0.2, 0.25) is 0 Å². The number of unbranched alkanes of at least 4 members (excludes halogenated alkanes) is 2. The van der Waals surface area contributed by atoms with Gasteiger partial charge in [-0.25, -0.2) is 4.73 Å². The molecular weight excluding hydrogens is 453 g/mol. The minimum Gasteiger partial charge on any atom is -0.711 e. The van der Waals surface area contributed by atoms with Gasteiger partial charge in [0, 0.05) is 37.9 Å². The molecule has 2 heterocycles. The minimum atomic E-state index is -4.31. The fourth-order valence-corrected chi connectivity index (χ4v) is 4.39. The quantitative estimate of drug-likeness (QED) is 0.251. The SMILES string of the molecule is [O-][n+]1ccc(-c2ccccc2)cc1NCCCCCN1CCN(c2cccc(C(F)(F)F)c2)CC1. The molecule has 5 nitrogen and oxygen atoms in total. The maximum absolute atomic E-state index is 13.0. The van der Waals surface area contributed by atoms with Crippen molar-refractivity contribution in [2.45, 2.75) is 25.4 Å². The van der Waals surface area contributed by atoms with E-state index in [1.807, 2.05) is 47.4 Å². The van der Waals surface area contributed by atoms with Gasteiger partial charge in [0.25, 0.3) is 5.82 Å². The molecule has 0 bridgehead atoms. The van der Waals surface area contributed by atoms with Crippen LogP contribution in [0.1, 0.15) is 24.8 Å². The van der Waals surface area contributed by atoms with E-state index in [1.165, 1.54) is 18.3 Å². The van der Waals surface area contributed by atoms with Crippen LogP contribution in [0, 0.1) is 5.21 Å². The lowest BCUT2D eigenvalue weighted by Crippen LogP contribution is -2.46. The van der Waals surface area contributed by atoms with Gasteiger partial charge in [0.05, 0.1) is 18.3 Å². The van der Waals surface area contributed by atoms with Crippen LogP contribution in [-0.2, 0) is 6.18 Å². The fraction of sp³-hybridized carbons (Fsp3) is 0.370. The number of alkyl halides is 3. The molecule has 1 saturated heterocycles. The number of halogens is 3. The summed E-state index contributed by atoms with van der Waals surface area (Å²) in [7, 11) is 0. The molecule has 1 aliphatic heterocycles. The Kier molecular flexibility index (Phi) is 8.13. The summed E-state index contributed by atoms with van der Waals surface area (Å²) < 4.78 is 39.8. The van der Waals surface area contributed by atoms with Crippen molar-refractivity contribution in [3.8, 4) is 11.1 Å². The molecule has 0 aliphatic carbocycles. The molecule has 0 saturated carbocycles. The van der Waals surface area contributed by atoms with Gasteiger partial charge in [-0.1, -0.05) is 36.4 Å². The molecule has 8 heteroatoms. The lowest BCUT2D eigenvalue weighted by atomic mass is 10.1. The first-order valence-electron chi connectivity index (χ1n) is 12.1. The van der Waals surface area contributed by atoms with Crippen molar-refractivity contribution in [1.82, 2.24) is 4.90 Å². The van der Waals surface area contributed by atoms with Crippen molar-refractivity contribution in [2.24, 2.45) is 0 Å². The van der Waals surface area contributed by atoms with Gasteiger partial charge in [0.2, 0.25) is 0 Å². The van der Waals surface area contributed by atoms with Crippen LogP contribution < -0.4 is 14.9 Å². The molecule has 0 unspecified atom stereocenters.